The maximum Gasteiger partial charge on any atom is 0.321 e. The van der Waals surface area contributed by atoms with Crippen LogP contribution in [0.5, 0.6) is 0 Å². The average Bonchev–Trinajstić information content (AvgIpc) is 2.63. The first-order chi connectivity index (χ1) is 12.3. The van der Waals surface area contributed by atoms with Crippen molar-refractivity contribution in [2.45, 2.75) is 12.3 Å². The van der Waals surface area contributed by atoms with Crippen molar-refractivity contribution >= 4 is 17.3 Å². The molecular formula is C20H22N4O. The fourth-order valence-electron chi connectivity index (χ4n) is 3.33. The zero-order valence-corrected chi connectivity index (χ0v) is 14.1. The number of nitrogens with zero attached hydrogens (tertiary/aromatic N) is 2. The lowest BCUT2D eigenvalue weighted by molar-refractivity contribution is 0.164. The number of aromatic nitrogens is 1. The SMILES string of the molecule is O=C(Nc1ccc(C2=CCNCC2)cc1)N1CC(c2cccnc2)C1. The molecular weight excluding hydrogens is 312 g/mol. The summed E-state index contributed by atoms with van der Waals surface area (Å²) in [5, 5.41) is 6.31. The number of anilines is 1. The van der Waals surface area contributed by atoms with Gasteiger partial charge in [-0.1, -0.05) is 24.3 Å². The van der Waals surface area contributed by atoms with Gasteiger partial charge in [-0.05, 0) is 47.9 Å². The summed E-state index contributed by atoms with van der Waals surface area (Å²) in [6.45, 7) is 3.45. The fourth-order valence-corrected chi connectivity index (χ4v) is 3.33. The van der Waals surface area contributed by atoms with Gasteiger partial charge in [-0.3, -0.25) is 4.98 Å². The van der Waals surface area contributed by atoms with Crippen molar-refractivity contribution in [1.82, 2.24) is 15.2 Å². The fraction of sp³-hybridized carbons (Fsp3) is 0.300. The van der Waals surface area contributed by atoms with Crippen molar-refractivity contribution in [3.8, 4) is 0 Å². The molecule has 0 aliphatic carbocycles. The third-order valence-corrected chi connectivity index (χ3v) is 4.90. The molecule has 0 radical (unpaired) electrons. The normalized spacial score (nSPS) is 17.6. The molecule has 0 atom stereocenters. The maximum absolute atomic E-state index is 12.3. The summed E-state index contributed by atoms with van der Waals surface area (Å²) < 4.78 is 0. The molecule has 0 saturated carbocycles. The Balaban J connectivity index is 1.32. The Hall–Kier alpha value is -2.66. The van der Waals surface area contributed by atoms with Gasteiger partial charge in [0.05, 0.1) is 0 Å². The van der Waals surface area contributed by atoms with Crippen LogP contribution in [0.1, 0.15) is 23.5 Å². The summed E-state index contributed by atoms with van der Waals surface area (Å²) in [6, 6.07) is 12.1. The highest BCUT2D eigenvalue weighted by Crippen LogP contribution is 2.27. The van der Waals surface area contributed by atoms with Crippen LogP contribution in [0, 0.1) is 0 Å². The lowest BCUT2D eigenvalue weighted by Gasteiger charge is -2.39. The quantitative estimate of drug-likeness (QED) is 0.907. The zero-order chi connectivity index (χ0) is 17.1. The first-order valence-electron chi connectivity index (χ1n) is 8.75. The Bertz CT molecular complexity index is 764. The Morgan fingerprint density at radius 1 is 1.20 bits per heavy atom. The predicted octanol–water partition coefficient (Wildman–Crippen LogP) is 3.09. The number of nitrogens with one attached hydrogen (secondary N) is 2. The van der Waals surface area contributed by atoms with Crippen LogP contribution in [-0.2, 0) is 0 Å². The van der Waals surface area contributed by atoms with Crippen LogP contribution in [-0.4, -0.2) is 42.1 Å². The van der Waals surface area contributed by atoms with Crippen LogP contribution in [0.3, 0.4) is 0 Å². The molecule has 4 rings (SSSR count). The van der Waals surface area contributed by atoms with Crippen LogP contribution in [0.4, 0.5) is 10.5 Å². The van der Waals surface area contributed by atoms with Crippen LogP contribution in [0.2, 0.25) is 0 Å². The Morgan fingerprint density at radius 2 is 2.04 bits per heavy atom. The molecule has 2 N–H and O–H groups in total. The molecule has 0 spiro atoms. The lowest BCUT2D eigenvalue weighted by Crippen LogP contribution is -2.50. The number of carbonyl (C=O) groups excluding carboxylic acids is 1. The number of pyridine rings is 1. The topological polar surface area (TPSA) is 57.3 Å². The monoisotopic (exact) mass is 334 g/mol. The van der Waals surface area contributed by atoms with Crippen molar-refractivity contribution in [3.05, 3.63) is 66.0 Å². The molecule has 1 aromatic carbocycles. The number of amides is 2. The molecule has 1 saturated heterocycles. The van der Waals surface area contributed by atoms with Crippen molar-refractivity contribution in [1.29, 1.82) is 0 Å². The molecule has 1 aromatic heterocycles. The van der Waals surface area contributed by atoms with Crippen molar-refractivity contribution in [3.63, 3.8) is 0 Å². The van der Waals surface area contributed by atoms with Crippen LogP contribution < -0.4 is 10.6 Å². The number of urea groups is 1. The standard InChI is InChI=1S/C20H22N4O/c25-20(24-13-18(14-24)17-2-1-9-22-12-17)23-19-5-3-15(4-6-19)16-7-10-21-11-8-16/h1-7,9,12,18,21H,8,10-11,13-14H2,(H,23,25). The van der Waals surface area contributed by atoms with E-state index in [4.69, 9.17) is 0 Å². The lowest BCUT2D eigenvalue weighted by atomic mass is 9.93. The van der Waals surface area contributed by atoms with Crippen LogP contribution in [0.15, 0.2) is 54.9 Å². The van der Waals surface area contributed by atoms with E-state index in [2.05, 4.69) is 39.9 Å². The van der Waals surface area contributed by atoms with E-state index in [9.17, 15) is 4.79 Å². The van der Waals surface area contributed by atoms with Crippen molar-refractivity contribution in [2.75, 3.05) is 31.5 Å². The zero-order valence-electron chi connectivity index (χ0n) is 14.1. The van der Waals surface area contributed by atoms with Gasteiger partial charge < -0.3 is 15.5 Å². The van der Waals surface area contributed by atoms with Gasteiger partial charge in [-0.25, -0.2) is 4.79 Å². The van der Waals surface area contributed by atoms with E-state index in [0.717, 1.165) is 38.3 Å². The highest BCUT2D eigenvalue weighted by molar-refractivity contribution is 5.90. The van der Waals surface area contributed by atoms with Gasteiger partial charge in [-0.15, -0.1) is 0 Å². The van der Waals surface area contributed by atoms with Gasteiger partial charge in [0.15, 0.2) is 0 Å². The van der Waals surface area contributed by atoms with Gasteiger partial charge in [0.1, 0.15) is 0 Å². The molecule has 3 heterocycles. The largest absolute Gasteiger partial charge is 0.323 e. The molecule has 128 valence electrons. The number of rotatable bonds is 3. The Kier molecular flexibility index (Phi) is 4.48. The second-order valence-electron chi connectivity index (χ2n) is 6.58. The highest BCUT2D eigenvalue weighted by Gasteiger charge is 2.31. The van der Waals surface area contributed by atoms with E-state index in [0.29, 0.717) is 5.92 Å². The summed E-state index contributed by atoms with van der Waals surface area (Å²) in [5.74, 6) is 0.397. The van der Waals surface area contributed by atoms with Crippen molar-refractivity contribution in [2.24, 2.45) is 0 Å². The summed E-state index contributed by atoms with van der Waals surface area (Å²) in [7, 11) is 0. The second-order valence-corrected chi connectivity index (χ2v) is 6.58. The van der Waals surface area contributed by atoms with Gasteiger partial charge in [-0.2, -0.15) is 0 Å². The number of hydrogen-bond donors (Lipinski definition) is 2. The first kappa shape index (κ1) is 15.8. The average molecular weight is 334 g/mol. The molecule has 2 amide bonds. The predicted molar refractivity (Wildman–Crippen MR) is 99.5 cm³/mol. The third-order valence-electron chi connectivity index (χ3n) is 4.90. The van der Waals surface area contributed by atoms with Gasteiger partial charge in [0, 0.05) is 43.6 Å². The maximum atomic E-state index is 12.3. The van der Waals surface area contributed by atoms with Gasteiger partial charge in [0.2, 0.25) is 0 Å². The number of carbonyl (C=O) groups is 1. The Morgan fingerprint density at radius 3 is 2.72 bits per heavy atom. The summed E-state index contributed by atoms with van der Waals surface area (Å²) in [4.78, 5) is 18.3. The molecule has 2 aromatic rings. The minimum Gasteiger partial charge on any atom is -0.323 e. The summed E-state index contributed by atoms with van der Waals surface area (Å²) in [5.41, 5.74) is 4.65. The number of benzene rings is 1. The first-order valence-corrected chi connectivity index (χ1v) is 8.75. The van der Waals surface area contributed by atoms with E-state index < -0.39 is 0 Å². The minimum absolute atomic E-state index is 0.0334. The summed E-state index contributed by atoms with van der Waals surface area (Å²) >= 11 is 0. The molecule has 1 fully saturated rings. The van der Waals surface area contributed by atoms with Crippen LogP contribution in [0.25, 0.3) is 5.57 Å². The van der Waals surface area contributed by atoms with Gasteiger partial charge >= 0.3 is 6.03 Å². The van der Waals surface area contributed by atoms with Crippen molar-refractivity contribution < 1.29 is 4.79 Å². The molecule has 0 unspecified atom stereocenters. The second kappa shape index (κ2) is 7.07. The van der Waals surface area contributed by atoms with E-state index in [1.165, 1.54) is 16.7 Å². The van der Waals surface area contributed by atoms with Crippen LogP contribution >= 0.6 is 0 Å². The molecule has 2 aliphatic heterocycles. The highest BCUT2D eigenvalue weighted by atomic mass is 16.2. The van der Waals surface area contributed by atoms with E-state index in [1.54, 1.807) is 6.20 Å². The minimum atomic E-state index is -0.0334. The smallest absolute Gasteiger partial charge is 0.321 e. The van der Waals surface area contributed by atoms with E-state index in [1.807, 2.05) is 29.3 Å². The van der Waals surface area contributed by atoms with Gasteiger partial charge in [0.25, 0.3) is 0 Å². The third kappa shape index (κ3) is 3.56. The van der Waals surface area contributed by atoms with E-state index in [-0.39, 0.29) is 6.03 Å². The Labute approximate surface area is 147 Å². The summed E-state index contributed by atoms with van der Waals surface area (Å²) in [6.07, 6.45) is 6.94. The molecule has 5 nitrogen and oxygen atoms in total. The molecule has 0 bridgehead atoms. The molecule has 2 aliphatic rings. The number of hydrogen-bond acceptors (Lipinski definition) is 3. The molecule has 25 heavy (non-hydrogen) atoms. The number of likely N-dealkylation sites (tertiary alicyclic amines) is 1. The molecule has 5 heteroatoms. The van der Waals surface area contributed by atoms with E-state index >= 15 is 0 Å².